The van der Waals surface area contributed by atoms with Crippen molar-refractivity contribution in [1.82, 2.24) is 0 Å². The second kappa shape index (κ2) is 21.2. The Hall–Kier alpha value is -2.12. The lowest BCUT2D eigenvalue weighted by Gasteiger charge is -2.27. The largest absolute Gasteiger partial charge is 0.462 e. The molecular formula is C44H72O12. The highest BCUT2D eigenvalue weighted by Gasteiger charge is 2.41. The summed E-state index contributed by atoms with van der Waals surface area (Å²) in [5.41, 5.74) is 0. The minimum atomic E-state index is -0.491. The maximum atomic E-state index is 13.5. The first-order valence-electron chi connectivity index (χ1n) is 22.2. The molecule has 5 fully saturated rings. The Balaban J connectivity index is 1.24. The van der Waals surface area contributed by atoms with Gasteiger partial charge in [-0.1, -0.05) is 34.6 Å². The quantitative estimate of drug-likeness (QED) is 0.205. The summed E-state index contributed by atoms with van der Waals surface area (Å²) in [6.07, 6.45) is 7.43. The van der Waals surface area contributed by atoms with Gasteiger partial charge in [0.25, 0.3) is 0 Å². The summed E-state index contributed by atoms with van der Waals surface area (Å²) in [5, 5.41) is 0. The van der Waals surface area contributed by atoms with E-state index in [1.165, 1.54) is 0 Å². The number of carbonyl (C=O) groups excluding carboxylic acids is 4. The van der Waals surface area contributed by atoms with Crippen molar-refractivity contribution in [1.29, 1.82) is 0 Å². The van der Waals surface area contributed by atoms with E-state index in [-0.39, 0.29) is 103 Å². The molecule has 0 amide bonds. The van der Waals surface area contributed by atoms with Gasteiger partial charge < -0.3 is 37.9 Å². The van der Waals surface area contributed by atoms with E-state index < -0.39 is 24.0 Å². The van der Waals surface area contributed by atoms with Gasteiger partial charge in [0.2, 0.25) is 0 Å². The standard InChI is InChI=1S/C44H72O12/c1-9-29-21-33-13-16-37(49-33)25(5)36(45)24-32(12-4)52-41-20-19-40(56-41)28(8)44(48)55-31(11-3)23-35-15-18-39(51-35)27(7)43(47)54-30(10-2)22-34-14-17-38(50-34)26(6)42(46)53-29/h25-35,37-41H,9-24H2,1-8H3. The van der Waals surface area contributed by atoms with Gasteiger partial charge in [-0.05, 0) is 91.4 Å². The van der Waals surface area contributed by atoms with Crippen LogP contribution in [0.25, 0.3) is 0 Å². The third-order valence-electron chi connectivity index (χ3n) is 13.3. The third kappa shape index (κ3) is 12.0. The summed E-state index contributed by atoms with van der Waals surface area (Å²) in [6.45, 7) is 15.5. The highest BCUT2D eigenvalue weighted by atomic mass is 16.7. The van der Waals surface area contributed by atoms with Crippen molar-refractivity contribution < 1.29 is 57.1 Å². The van der Waals surface area contributed by atoms with Crippen LogP contribution in [0.15, 0.2) is 0 Å². The Morgan fingerprint density at radius 3 is 1.12 bits per heavy atom. The number of cyclic esters (lactones) is 3. The zero-order valence-corrected chi connectivity index (χ0v) is 35.5. The molecule has 12 nitrogen and oxygen atoms in total. The molecule has 0 saturated carbocycles. The highest BCUT2D eigenvalue weighted by Crippen LogP contribution is 2.35. The SMILES string of the molecule is CCC1CC2CCC(O2)C(C)C(=O)CC(CC)OC2CCC(O2)C(C)C(=O)OC(CC)CC2CCC(O2)C(C)C(=O)OC(CC)CC2CCC(O2)C(C)C(=O)O1. The molecule has 5 aliphatic heterocycles. The summed E-state index contributed by atoms with van der Waals surface area (Å²) < 4.78 is 49.8. The van der Waals surface area contributed by atoms with Crippen LogP contribution in [0.4, 0.5) is 0 Å². The van der Waals surface area contributed by atoms with E-state index in [2.05, 4.69) is 0 Å². The fourth-order valence-electron chi connectivity index (χ4n) is 9.09. The summed E-state index contributed by atoms with van der Waals surface area (Å²) >= 11 is 0. The van der Waals surface area contributed by atoms with E-state index in [4.69, 9.17) is 37.9 Å². The van der Waals surface area contributed by atoms with Crippen molar-refractivity contribution in [3.05, 3.63) is 0 Å². The van der Waals surface area contributed by atoms with Gasteiger partial charge in [-0.2, -0.15) is 0 Å². The topological polar surface area (TPSA) is 142 Å². The fraction of sp³-hybridized carbons (Fsp3) is 0.909. The van der Waals surface area contributed by atoms with Gasteiger partial charge in [0, 0.05) is 38.0 Å². The Kier molecular flexibility index (Phi) is 17.0. The number of ether oxygens (including phenoxy) is 8. The molecule has 16 atom stereocenters. The maximum Gasteiger partial charge on any atom is 0.311 e. The summed E-state index contributed by atoms with van der Waals surface area (Å²) in [4.78, 5) is 53.6. The van der Waals surface area contributed by atoms with Crippen molar-refractivity contribution in [2.75, 3.05) is 0 Å². The number of carbonyl (C=O) groups is 4. The molecule has 320 valence electrons. The zero-order chi connectivity index (χ0) is 40.5. The molecule has 16 unspecified atom stereocenters. The molecule has 0 spiro atoms. The Bertz CT molecular complexity index is 1100. The second-order valence-corrected chi connectivity index (χ2v) is 17.4. The molecule has 0 N–H and O–H groups in total. The summed E-state index contributed by atoms with van der Waals surface area (Å²) in [5.74, 6) is -2.38. The monoisotopic (exact) mass is 793 g/mol. The maximum absolute atomic E-state index is 13.5. The van der Waals surface area contributed by atoms with E-state index in [1.54, 1.807) is 0 Å². The molecule has 12 heteroatoms. The first-order valence-corrected chi connectivity index (χ1v) is 22.2. The average Bonchev–Trinajstić information content (AvgIpc) is 4.03. The van der Waals surface area contributed by atoms with E-state index in [0.29, 0.717) is 57.8 Å². The number of fused-ring (bicyclic) bond motifs is 8. The van der Waals surface area contributed by atoms with E-state index in [9.17, 15) is 19.2 Å². The lowest BCUT2D eigenvalue weighted by molar-refractivity contribution is -0.182. The molecule has 56 heavy (non-hydrogen) atoms. The Labute approximate surface area is 335 Å². The van der Waals surface area contributed by atoms with Crippen molar-refractivity contribution in [2.45, 2.75) is 232 Å². The van der Waals surface area contributed by atoms with Crippen molar-refractivity contribution >= 4 is 23.7 Å². The lowest BCUT2D eigenvalue weighted by atomic mass is 9.93. The molecule has 0 aromatic carbocycles. The first-order chi connectivity index (χ1) is 26.8. The van der Waals surface area contributed by atoms with Gasteiger partial charge in [0.1, 0.15) is 24.1 Å². The van der Waals surface area contributed by atoms with Crippen LogP contribution in [0.5, 0.6) is 0 Å². The van der Waals surface area contributed by atoms with Crippen LogP contribution in [0.1, 0.15) is 158 Å². The van der Waals surface area contributed by atoms with E-state index >= 15 is 0 Å². The summed E-state index contributed by atoms with van der Waals surface area (Å²) in [6, 6.07) is 0. The van der Waals surface area contributed by atoms with Crippen LogP contribution in [0.3, 0.4) is 0 Å². The van der Waals surface area contributed by atoms with Gasteiger partial charge in [0.15, 0.2) is 6.29 Å². The van der Waals surface area contributed by atoms with Gasteiger partial charge in [0.05, 0.1) is 66.6 Å². The minimum Gasteiger partial charge on any atom is -0.462 e. The van der Waals surface area contributed by atoms with E-state index in [1.807, 2.05) is 55.4 Å². The number of rotatable bonds is 4. The number of Topliss-reactive ketones (excluding diaryl/α,β-unsaturated/α-hetero) is 1. The number of hydrogen-bond acceptors (Lipinski definition) is 12. The van der Waals surface area contributed by atoms with Gasteiger partial charge in [-0.25, -0.2) is 0 Å². The van der Waals surface area contributed by atoms with Gasteiger partial charge >= 0.3 is 17.9 Å². The molecule has 8 bridgehead atoms. The number of esters is 3. The molecule has 0 aromatic rings. The van der Waals surface area contributed by atoms with Crippen LogP contribution in [-0.2, 0) is 57.1 Å². The van der Waals surface area contributed by atoms with Crippen LogP contribution in [0, 0.1) is 23.7 Å². The minimum absolute atomic E-state index is 0.0918. The Morgan fingerprint density at radius 1 is 0.411 bits per heavy atom. The molecule has 5 aliphatic rings. The molecule has 5 rings (SSSR count). The predicted octanol–water partition coefficient (Wildman–Crippen LogP) is 7.58. The van der Waals surface area contributed by atoms with Crippen LogP contribution in [0.2, 0.25) is 0 Å². The van der Waals surface area contributed by atoms with Crippen LogP contribution < -0.4 is 0 Å². The number of ketones is 1. The fourth-order valence-corrected chi connectivity index (χ4v) is 9.09. The molecular weight excluding hydrogens is 720 g/mol. The first kappa shape index (κ1) is 45.0. The highest BCUT2D eigenvalue weighted by molar-refractivity contribution is 5.81. The molecule has 5 heterocycles. The average molecular weight is 793 g/mol. The lowest BCUT2D eigenvalue weighted by Crippen LogP contribution is -2.35. The van der Waals surface area contributed by atoms with E-state index in [0.717, 1.165) is 38.5 Å². The molecule has 0 aromatic heterocycles. The number of hydrogen-bond donors (Lipinski definition) is 0. The van der Waals surface area contributed by atoms with Crippen molar-refractivity contribution in [2.24, 2.45) is 23.7 Å². The van der Waals surface area contributed by atoms with Crippen LogP contribution in [-0.4, -0.2) is 97.1 Å². The molecule has 5 saturated heterocycles. The predicted molar refractivity (Wildman–Crippen MR) is 207 cm³/mol. The molecule has 0 aliphatic carbocycles. The normalized spacial score (nSPS) is 43.0. The smallest absolute Gasteiger partial charge is 0.311 e. The molecule has 0 radical (unpaired) electrons. The van der Waals surface area contributed by atoms with Crippen molar-refractivity contribution in [3.63, 3.8) is 0 Å². The van der Waals surface area contributed by atoms with Gasteiger partial charge in [-0.15, -0.1) is 0 Å². The van der Waals surface area contributed by atoms with Crippen molar-refractivity contribution in [3.8, 4) is 0 Å². The van der Waals surface area contributed by atoms with Crippen LogP contribution >= 0.6 is 0 Å². The summed E-state index contributed by atoms with van der Waals surface area (Å²) in [7, 11) is 0. The Morgan fingerprint density at radius 2 is 0.750 bits per heavy atom. The second-order valence-electron chi connectivity index (χ2n) is 17.4. The third-order valence-corrected chi connectivity index (χ3v) is 13.3. The van der Waals surface area contributed by atoms with Gasteiger partial charge in [-0.3, -0.25) is 19.2 Å². The zero-order valence-electron chi connectivity index (χ0n) is 35.5.